The topological polar surface area (TPSA) is 84.5 Å². The largest absolute Gasteiger partial charge is 0.383 e. The van der Waals surface area contributed by atoms with E-state index in [0.29, 0.717) is 13.2 Å². The Morgan fingerprint density at radius 1 is 1.30 bits per heavy atom. The fraction of sp³-hybridized carbons (Fsp3) is 0.462. The van der Waals surface area contributed by atoms with Crippen molar-refractivity contribution in [2.24, 2.45) is 0 Å². The maximum absolute atomic E-state index is 12.1. The quantitative estimate of drug-likeness (QED) is 0.774. The maximum atomic E-state index is 12.1. The normalized spacial score (nSPS) is 12.9. The van der Waals surface area contributed by atoms with Crippen LogP contribution < -0.4 is 10.0 Å². The van der Waals surface area contributed by atoms with Gasteiger partial charge in [-0.1, -0.05) is 12.1 Å². The summed E-state index contributed by atoms with van der Waals surface area (Å²) in [5, 5.41) is 2.65. The van der Waals surface area contributed by atoms with E-state index in [2.05, 4.69) is 10.0 Å². The number of nitrogens with one attached hydrogen (secondary N) is 2. The van der Waals surface area contributed by atoms with Crippen LogP contribution in [0.5, 0.6) is 0 Å². The Bertz CT molecular complexity index is 540. The van der Waals surface area contributed by atoms with Crippen molar-refractivity contribution >= 4 is 15.9 Å². The van der Waals surface area contributed by atoms with E-state index in [4.69, 9.17) is 4.74 Å². The lowest BCUT2D eigenvalue weighted by atomic mass is 10.2. The van der Waals surface area contributed by atoms with Crippen LogP contribution in [0.1, 0.15) is 19.4 Å². The van der Waals surface area contributed by atoms with E-state index in [1.807, 2.05) is 0 Å². The Labute approximate surface area is 119 Å². The van der Waals surface area contributed by atoms with Crippen molar-refractivity contribution in [3.8, 4) is 0 Å². The fourth-order valence-electron chi connectivity index (χ4n) is 1.63. The van der Waals surface area contributed by atoms with Gasteiger partial charge in [0, 0.05) is 26.6 Å². The molecule has 6 nitrogen and oxygen atoms in total. The van der Waals surface area contributed by atoms with Gasteiger partial charge in [0.25, 0.3) is 0 Å². The molecule has 1 rings (SSSR count). The van der Waals surface area contributed by atoms with Crippen molar-refractivity contribution < 1.29 is 17.9 Å². The number of ether oxygens (including phenoxy) is 1. The molecule has 0 fully saturated rings. The summed E-state index contributed by atoms with van der Waals surface area (Å²) in [4.78, 5) is 11.0. The van der Waals surface area contributed by atoms with Crippen LogP contribution in [0.25, 0.3) is 0 Å². The monoisotopic (exact) mass is 300 g/mol. The highest BCUT2D eigenvalue weighted by Crippen LogP contribution is 2.11. The van der Waals surface area contributed by atoms with E-state index in [1.165, 1.54) is 26.2 Å². The predicted molar refractivity (Wildman–Crippen MR) is 75.6 cm³/mol. The Kier molecular flexibility index (Phi) is 6.12. The first-order valence-electron chi connectivity index (χ1n) is 6.20. The highest BCUT2D eigenvalue weighted by atomic mass is 32.2. The molecule has 0 aliphatic carbocycles. The van der Waals surface area contributed by atoms with Crippen LogP contribution in [0.2, 0.25) is 0 Å². The Morgan fingerprint density at radius 3 is 2.40 bits per heavy atom. The Hall–Kier alpha value is -1.44. The number of benzene rings is 1. The molecule has 0 aliphatic rings. The minimum atomic E-state index is -3.55. The molecule has 1 atom stereocenters. The number of sulfonamides is 1. The average Bonchev–Trinajstić information content (AvgIpc) is 2.36. The number of hydrogen-bond acceptors (Lipinski definition) is 4. The molecule has 0 saturated carbocycles. The van der Waals surface area contributed by atoms with Gasteiger partial charge in [-0.25, -0.2) is 13.1 Å². The van der Waals surface area contributed by atoms with E-state index in [0.717, 1.165) is 5.56 Å². The van der Waals surface area contributed by atoms with E-state index >= 15 is 0 Å². The Morgan fingerprint density at radius 2 is 1.90 bits per heavy atom. The highest BCUT2D eigenvalue weighted by Gasteiger charge is 2.16. The molecule has 0 bridgehead atoms. The van der Waals surface area contributed by atoms with Crippen LogP contribution in [-0.2, 0) is 26.1 Å². The molecule has 7 heteroatoms. The summed E-state index contributed by atoms with van der Waals surface area (Å²) >= 11 is 0. The van der Waals surface area contributed by atoms with Gasteiger partial charge in [0.05, 0.1) is 11.5 Å². The molecule has 0 spiro atoms. The van der Waals surface area contributed by atoms with Crippen LogP contribution >= 0.6 is 0 Å². The van der Waals surface area contributed by atoms with E-state index in [9.17, 15) is 13.2 Å². The standard InChI is InChI=1S/C13H20N2O4S/c1-10(9-19-3)15-20(17,18)13-6-4-12(5-7-13)8-14-11(2)16/h4-7,10,15H,8-9H2,1-3H3,(H,14,16)/t10-/m0/s1. The van der Waals surface area contributed by atoms with Gasteiger partial charge in [0.1, 0.15) is 0 Å². The fourth-order valence-corrected chi connectivity index (χ4v) is 2.86. The lowest BCUT2D eigenvalue weighted by molar-refractivity contribution is -0.119. The third-order valence-electron chi connectivity index (χ3n) is 2.55. The first-order valence-corrected chi connectivity index (χ1v) is 7.68. The van der Waals surface area contributed by atoms with Gasteiger partial charge in [0.2, 0.25) is 15.9 Å². The van der Waals surface area contributed by atoms with Gasteiger partial charge in [-0.05, 0) is 24.6 Å². The number of methoxy groups -OCH3 is 1. The van der Waals surface area contributed by atoms with E-state index in [1.54, 1.807) is 19.1 Å². The zero-order chi connectivity index (χ0) is 15.2. The van der Waals surface area contributed by atoms with E-state index < -0.39 is 10.0 Å². The number of hydrogen-bond donors (Lipinski definition) is 2. The summed E-state index contributed by atoms with van der Waals surface area (Å²) in [7, 11) is -2.03. The lowest BCUT2D eigenvalue weighted by Gasteiger charge is -2.13. The third-order valence-corrected chi connectivity index (χ3v) is 4.15. The molecular weight excluding hydrogens is 280 g/mol. The minimum absolute atomic E-state index is 0.128. The van der Waals surface area contributed by atoms with Crippen LogP contribution in [-0.4, -0.2) is 34.1 Å². The first kappa shape index (κ1) is 16.6. The van der Waals surface area contributed by atoms with Gasteiger partial charge in [-0.15, -0.1) is 0 Å². The first-order chi connectivity index (χ1) is 9.35. The Balaban J connectivity index is 2.74. The molecule has 112 valence electrons. The number of carbonyl (C=O) groups excluding carboxylic acids is 1. The molecule has 1 aromatic rings. The smallest absolute Gasteiger partial charge is 0.240 e. The maximum Gasteiger partial charge on any atom is 0.240 e. The molecule has 0 aliphatic heterocycles. The minimum Gasteiger partial charge on any atom is -0.383 e. The third kappa shape index (κ3) is 5.28. The van der Waals surface area contributed by atoms with Crippen molar-refractivity contribution in [2.75, 3.05) is 13.7 Å². The van der Waals surface area contributed by atoms with Gasteiger partial charge < -0.3 is 10.1 Å². The number of carbonyl (C=O) groups is 1. The molecule has 0 radical (unpaired) electrons. The number of amides is 1. The second-order valence-corrected chi connectivity index (χ2v) is 6.25. The summed E-state index contributed by atoms with van der Waals surface area (Å²) in [6, 6.07) is 6.07. The summed E-state index contributed by atoms with van der Waals surface area (Å²) in [5.74, 6) is -0.128. The molecule has 2 N–H and O–H groups in total. The van der Waals surface area contributed by atoms with Crippen molar-refractivity contribution in [1.29, 1.82) is 0 Å². The summed E-state index contributed by atoms with van der Waals surface area (Å²) in [6.45, 7) is 3.84. The molecule has 20 heavy (non-hydrogen) atoms. The zero-order valence-electron chi connectivity index (χ0n) is 11.8. The second kappa shape index (κ2) is 7.37. The van der Waals surface area contributed by atoms with Crippen LogP contribution in [0, 0.1) is 0 Å². The molecule has 0 unspecified atom stereocenters. The SMILES string of the molecule is COC[C@H](C)NS(=O)(=O)c1ccc(CNC(C)=O)cc1. The highest BCUT2D eigenvalue weighted by molar-refractivity contribution is 7.89. The average molecular weight is 300 g/mol. The summed E-state index contributed by atoms with van der Waals surface area (Å²) < 4.78 is 31.5. The molecule has 0 saturated heterocycles. The predicted octanol–water partition coefficient (Wildman–Crippen LogP) is 0.636. The second-order valence-electron chi connectivity index (χ2n) is 4.53. The van der Waals surface area contributed by atoms with Gasteiger partial charge >= 0.3 is 0 Å². The molecule has 1 aromatic carbocycles. The molecule has 0 aromatic heterocycles. The van der Waals surface area contributed by atoms with Crippen molar-refractivity contribution in [3.63, 3.8) is 0 Å². The van der Waals surface area contributed by atoms with Gasteiger partial charge in [0.15, 0.2) is 0 Å². The summed E-state index contributed by atoms with van der Waals surface area (Å²) in [6.07, 6.45) is 0. The van der Waals surface area contributed by atoms with Gasteiger partial charge in [-0.3, -0.25) is 4.79 Å². The zero-order valence-corrected chi connectivity index (χ0v) is 12.7. The van der Waals surface area contributed by atoms with Crippen molar-refractivity contribution in [2.45, 2.75) is 31.3 Å². The molecular formula is C13H20N2O4S. The molecule has 0 heterocycles. The van der Waals surface area contributed by atoms with Crippen LogP contribution in [0.3, 0.4) is 0 Å². The van der Waals surface area contributed by atoms with Crippen molar-refractivity contribution in [1.82, 2.24) is 10.0 Å². The van der Waals surface area contributed by atoms with Gasteiger partial charge in [-0.2, -0.15) is 0 Å². The van der Waals surface area contributed by atoms with Crippen LogP contribution in [0.4, 0.5) is 0 Å². The van der Waals surface area contributed by atoms with E-state index in [-0.39, 0.29) is 16.8 Å². The summed E-state index contributed by atoms with van der Waals surface area (Å²) in [5.41, 5.74) is 0.837. The molecule has 1 amide bonds. The van der Waals surface area contributed by atoms with Crippen LogP contribution in [0.15, 0.2) is 29.2 Å². The lowest BCUT2D eigenvalue weighted by Crippen LogP contribution is -2.35. The number of rotatable bonds is 7. The van der Waals surface area contributed by atoms with Crippen molar-refractivity contribution in [3.05, 3.63) is 29.8 Å².